The van der Waals surface area contributed by atoms with Crippen molar-refractivity contribution < 1.29 is 9.59 Å². The van der Waals surface area contributed by atoms with E-state index in [1.54, 1.807) is 11.1 Å². The Morgan fingerprint density at radius 2 is 2.04 bits per heavy atom. The molecule has 2 amide bonds. The van der Waals surface area contributed by atoms with Crippen LogP contribution in [0.2, 0.25) is 0 Å². The van der Waals surface area contributed by atoms with E-state index in [4.69, 9.17) is 0 Å². The molecule has 6 heteroatoms. The summed E-state index contributed by atoms with van der Waals surface area (Å²) < 4.78 is 0. The number of aromatic amines is 1. The van der Waals surface area contributed by atoms with Crippen molar-refractivity contribution in [2.24, 2.45) is 0 Å². The largest absolute Gasteiger partial charge is 0.354 e. The fourth-order valence-corrected chi connectivity index (χ4v) is 3.14. The van der Waals surface area contributed by atoms with Crippen molar-refractivity contribution in [1.82, 2.24) is 15.5 Å². The summed E-state index contributed by atoms with van der Waals surface area (Å²) in [5.41, 5.74) is 4.81. The number of carbonyl (C=O) groups is 2. The first-order chi connectivity index (χ1) is 13.1. The van der Waals surface area contributed by atoms with E-state index in [0.717, 1.165) is 34.4 Å². The minimum atomic E-state index is -0.299. The van der Waals surface area contributed by atoms with Gasteiger partial charge in [0.15, 0.2) is 0 Å². The van der Waals surface area contributed by atoms with E-state index < -0.39 is 0 Å². The first kappa shape index (κ1) is 18.4. The molecule has 2 N–H and O–H groups in total. The number of benzene rings is 2. The molecule has 1 heterocycles. The molecule has 0 saturated carbocycles. The number of amides is 2. The zero-order chi connectivity index (χ0) is 19.2. The number of nitrogens with zero attached hydrogens (tertiary/aromatic N) is 2. The molecule has 0 aliphatic heterocycles. The van der Waals surface area contributed by atoms with Crippen LogP contribution in [0.25, 0.3) is 11.1 Å². The lowest BCUT2D eigenvalue weighted by Gasteiger charge is -2.29. The summed E-state index contributed by atoms with van der Waals surface area (Å²) in [5, 5.41) is 9.63. The second-order valence-electron chi connectivity index (χ2n) is 6.36. The van der Waals surface area contributed by atoms with E-state index in [1.165, 1.54) is 6.92 Å². The Morgan fingerprint density at radius 1 is 1.26 bits per heavy atom. The van der Waals surface area contributed by atoms with Gasteiger partial charge in [0, 0.05) is 30.9 Å². The number of nitrogens with one attached hydrogen (secondary N) is 2. The van der Waals surface area contributed by atoms with Gasteiger partial charge >= 0.3 is 0 Å². The molecule has 3 rings (SSSR count). The summed E-state index contributed by atoms with van der Waals surface area (Å²) in [6.45, 7) is 3.80. The van der Waals surface area contributed by atoms with Crippen LogP contribution in [0.1, 0.15) is 24.1 Å². The van der Waals surface area contributed by atoms with E-state index >= 15 is 0 Å². The van der Waals surface area contributed by atoms with Gasteiger partial charge in [0.1, 0.15) is 0 Å². The minimum absolute atomic E-state index is 0.131. The Morgan fingerprint density at radius 3 is 2.63 bits per heavy atom. The highest BCUT2D eigenvalue weighted by molar-refractivity contribution is 5.80. The molecule has 3 aromatic rings. The zero-order valence-electron chi connectivity index (χ0n) is 15.3. The van der Waals surface area contributed by atoms with Gasteiger partial charge < -0.3 is 10.2 Å². The highest BCUT2D eigenvalue weighted by Crippen LogP contribution is 2.30. The molecule has 0 aliphatic carbocycles. The molecular formula is C21H22N4O2. The standard InChI is InChI=1S/C21H22N4O2/c1-15-10-19(8-9-20(15)18-11-23-24-12-18)25(14-26)21(13-22-16(2)27)17-6-4-3-5-7-17/h3-12,14,21H,13H2,1-2H3,(H,22,27)(H,23,24). The summed E-state index contributed by atoms with van der Waals surface area (Å²) in [7, 11) is 0. The van der Waals surface area contributed by atoms with E-state index in [2.05, 4.69) is 15.5 Å². The molecule has 27 heavy (non-hydrogen) atoms. The van der Waals surface area contributed by atoms with Gasteiger partial charge in [-0.05, 0) is 35.7 Å². The smallest absolute Gasteiger partial charge is 0.216 e. The number of anilines is 1. The van der Waals surface area contributed by atoms with Crippen LogP contribution < -0.4 is 10.2 Å². The highest BCUT2D eigenvalue weighted by atomic mass is 16.1. The van der Waals surface area contributed by atoms with Gasteiger partial charge in [-0.1, -0.05) is 36.4 Å². The molecular weight excluding hydrogens is 340 g/mol. The Hall–Kier alpha value is -3.41. The first-order valence-corrected chi connectivity index (χ1v) is 8.73. The van der Waals surface area contributed by atoms with Crippen molar-refractivity contribution in [2.75, 3.05) is 11.4 Å². The van der Waals surface area contributed by atoms with Gasteiger partial charge in [-0.25, -0.2) is 0 Å². The summed E-state index contributed by atoms with van der Waals surface area (Å²) in [4.78, 5) is 25.1. The lowest BCUT2D eigenvalue weighted by Crippen LogP contribution is -2.36. The van der Waals surface area contributed by atoms with Crippen molar-refractivity contribution in [3.05, 3.63) is 72.1 Å². The minimum Gasteiger partial charge on any atom is -0.354 e. The monoisotopic (exact) mass is 362 g/mol. The fraction of sp³-hybridized carbons (Fsp3) is 0.190. The molecule has 0 saturated heterocycles. The predicted octanol–water partition coefficient (Wildman–Crippen LogP) is 3.23. The maximum atomic E-state index is 12.0. The van der Waals surface area contributed by atoms with Crippen molar-refractivity contribution in [3.8, 4) is 11.1 Å². The summed E-state index contributed by atoms with van der Waals surface area (Å²) in [6.07, 6.45) is 4.41. The maximum Gasteiger partial charge on any atom is 0.216 e. The molecule has 2 aromatic carbocycles. The summed E-state index contributed by atoms with van der Waals surface area (Å²) in [5.74, 6) is -0.131. The molecule has 138 valence electrons. The molecule has 0 spiro atoms. The second kappa shape index (κ2) is 8.31. The topological polar surface area (TPSA) is 78.1 Å². The average molecular weight is 362 g/mol. The zero-order valence-corrected chi connectivity index (χ0v) is 15.3. The van der Waals surface area contributed by atoms with Crippen LogP contribution in [0.4, 0.5) is 5.69 Å². The number of H-pyrrole nitrogens is 1. The molecule has 0 bridgehead atoms. The third kappa shape index (κ3) is 4.23. The van der Waals surface area contributed by atoms with Gasteiger partial charge in [-0.3, -0.25) is 14.7 Å². The third-order valence-electron chi connectivity index (χ3n) is 4.50. The van der Waals surface area contributed by atoms with Gasteiger partial charge in [0.05, 0.1) is 12.2 Å². The van der Waals surface area contributed by atoms with Crippen molar-refractivity contribution in [2.45, 2.75) is 19.9 Å². The molecule has 0 aliphatic rings. The Bertz CT molecular complexity index is 907. The lowest BCUT2D eigenvalue weighted by atomic mass is 10.0. The van der Waals surface area contributed by atoms with Crippen LogP contribution in [-0.2, 0) is 9.59 Å². The Kier molecular flexibility index (Phi) is 5.66. The maximum absolute atomic E-state index is 12.0. The molecule has 1 unspecified atom stereocenters. The summed E-state index contributed by atoms with van der Waals surface area (Å²) >= 11 is 0. The van der Waals surface area contributed by atoms with Crippen LogP contribution in [-0.4, -0.2) is 29.1 Å². The van der Waals surface area contributed by atoms with Crippen molar-refractivity contribution in [3.63, 3.8) is 0 Å². The normalized spacial score (nSPS) is 11.6. The predicted molar refractivity (Wildman–Crippen MR) is 105 cm³/mol. The SMILES string of the molecule is CC(=O)NCC(c1ccccc1)N(C=O)c1ccc(-c2cn[nH]c2)c(C)c1. The molecule has 1 atom stereocenters. The van der Waals surface area contributed by atoms with E-state index in [-0.39, 0.29) is 11.9 Å². The molecule has 0 fully saturated rings. The Labute approximate surface area is 158 Å². The lowest BCUT2D eigenvalue weighted by molar-refractivity contribution is -0.119. The second-order valence-corrected chi connectivity index (χ2v) is 6.36. The van der Waals surface area contributed by atoms with E-state index in [1.807, 2.05) is 61.7 Å². The van der Waals surface area contributed by atoms with Crippen LogP contribution in [0.3, 0.4) is 0 Å². The van der Waals surface area contributed by atoms with Gasteiger partial charge in [-0.15, -0.1) is 0 Å². The molecule has 0 radical (unpaired) electrons. The van der Waals surface area contributed by atoms with Crippen LogP contribution in [0.15, 0.2) is 60.9 Å². The van der Waals surface area contributed by atoms with Gasteiger partial charge in [0.2, 0.25) is 12.3 Å². The number of aryl methyl sites for hydroxylation is 1. The quantitative estimate of drug-likeness (QED) is 0.634. The van der Waals surface area contributed by atoms with E-state index in [0.29, 0.717) is 6.54 Å². The number of carbonyl (C=O) groups excluding carboxylic acids is 2. The highest BCUT2D eigenvalue weighted by Gasteiger charge is 2.21. The van der Waals surface area contributed by atoms with Gasteiger partial charge in [-0.2, -0.15) is 5.10 Å². The number of rotatable bonds is 7. The average Bonchev–Trinajstić information content (AvgIpc) is 3.20. The first-order valence-electron chi connectivity index (χ1n) is 8.73. The molecule has 1 aromatic heterocycles. The van der Waals surface area contributed by atoms with Crippen LogP contribution in [0, 0.1) is 6.92 Å². The number of hydrogen-bond donors (Lipinski definition) is 2. The number of hydrogen-bond acceptors (Lipinski definition) is 3. The molecule has 6 nitrogen and oxygen atoms in total. The third-order valence-corrected chi connectivity index (χ3v) is 4.50. The van der Waals surface area contributed by atoms with Gasteiger partial charge in [0.25, 0.3) is 0 Å². The summed E-state index contributed by atoms with van der Waals surface area (Å²) in [6, 6.07) is 15.2. The Balaban J connectivity index is 1.96. The van der Waals surface area contributed by atoms with E-state index in [9.17, 15) is 9.59 Å². The van der Waals surface area contributed by atoms with Crippen LogP contribution in [0.5, 0.6) is 0 Å². The van der Waals surface area contributed by atoms with Crippen molar-refractivity contribution in [1.29, 1.82) is 0 Å². The van der Waals surface area contributed by atoms with Crippen molar-refractivity contribution >= 4 is 18.0 Å². The number of aromatic nitrogens is 2. The van der Waals surface area contributed by atoms with Crippen LogP contribution >= 0.6 is 0 Å². The fourth-order valence-electron chi connectivity index (χ4n) is 3.14.